The molecule has 0 saturated heterocycles. The van der Waals surface area contributed by atoms with Gasteiger partial charge in [0.2, 0.25) is 5.09 Å². The summed E-state index contributed by atoms with van der Waals surface area (Å²) >= 11 is 0. The van der Waals surface area contributed by atoms with Crippen LogP contribution in [0.15, 0.2) is 27.9 Å². The normalized spacial score (nSPS) is 12.2. The van der Waals surface area contributed by atoms with E-state index in [1.165, 1.54) is 18.4 Å². The minimum absolute atomic E-state index is 0. The van der Waals surface area contributed by atoms with Crippen LogP contribution in [0.1, 0.15) is 26.7 Å². The number of nitrogens with one attached hydrogen (secondary N) is 1. The van der Waals surface area contributed by atoms with Gasteiger partial charge in [0.25, 0.3) is 10.0 Å². The third kappa shape index (κ3) is 4.31. The van der Waals surface area contributed by atoms with Gasteiger partial charge >= 0.3 is 0 Å². The standard InChI is InChI=1S/C10H18N2O3S.ClH/c1-3-10(11,4-2)8-12-16(13,14)9-6-5-7-15-9;/h5-7,12H,3-4,8,11H2,1-2H3;1H. The van der Waals surface area contributed by atoms with E-state index in [1.807, 2.05) is 13.8 Å². The van der Waals surface area contributed by atoms with Crippen molar-refractivity contribution in [3.05, 3.63) is 18.4 Å². The van der Waals surface area contributed by atoms with Gasteiger partial charge in [0.15, 0.2) is 0 Å². The second-order valence-corrected chi connectivity index (χ2v) is 5.52. The van der Waals surface area contributed by atoms with Crippen molar-refractivity contribution < 1.29 is 12.8 Å². The van der Waals surface area contributed by atoms with Gasteiger partial charge in [-0.1, -0.05) is 13.8 Å². The van der Waals surface area contributed by atoms with Gasteiger partial charge in [0.05, 0.1) is 6.26 Å². The molecular weight excluding hydrogens is 264 g/mol. The molecule has 3 N–H and O–H groups in total. The van der Waals surface area contributed by atoms with Crippen molar-refractivity contribution in [2.45, 2.75) is 37.3 Å². The van der Waals surface area contributed by atoms with E-state index < -0.39 is 15.6 Å². The van der Waals surface area contributed by atoms with Crippen molar-refractivity contribution in [2.24, 2.45) is 5.73 Å². The molecule has 7 heteroatoms. The highest BCUT2D eigenvalue weighted by Gasteiger charge is 2.25. The molecule has 0 aliphatic carbocycles. The maximum Gasteiger partial charge on any atom is 0.274 e. The zero-order valence-electron chi connectivity index (χ0n) is 9.97. The lowest BCUT2D eigenvalue weighted by molar-refractivity contribution is 0.386. The molecule has 0 saturated carbocycles. The fourth-order valence-electron chi connectivity index (χ4n) is 1.23. The predicted molar refractivity (Wildman–Crippen MR) is 68.6 cm³/mol. The number of hydrogen-bond donors (Lipinski definition) is 2. The Bertz CT molecular complexity index is 413. The van der Waals surface area contributed by atoms with Gasteiger partial charge in [0.1, 0.15) is 0 Å². The minimum atomic E-state index is -3.57. The number of hydrogen-bond acceptors (Lipinski definition) is 4. The predicted octanol–water partition coefficient (Wildman–Crippen LogP) is 1.50. The molecule has 0 bridgehead atoms. The number of halogens is 1. The van der Waals surface area contributed by atoms with Gasteiger partial charge in [-0.25, -0.2) is 13.1 Å². The summed E-state index contributed by atoms with van der Waals surface area (Å²) < 4.78 is 30.7. The first kappa shape index (κ1) is 16.4. The molecule has 0 aliphatic rings. The van der Waals surface area contributed by atoms with Crippen molar-refractivity contribution in [3.63, 3.8) is 0 Å². The molecule has 100 valence electrons. The lowest BCUT2D eigenvalue weighted by atomic mass is 9.95. The first-order valence-corrected chi connectivity index (χ1v) is 6.74. The molecule has 1 heterocycles. The summed E-state index contributed by atoms with van der Waals surface area (Å²) in [5, 5.41) is -0.0814. The smallest absolute Gasteiger partial charge is 0.274 e. The van der Waals surface area contributed by atoms with E-state index in [0.29, 0.717) is 12.8 Å². The molecule has 1 aromatic rings. The summed E-state index contributed by atoms with van der Waals surface area (Å²) in [5.41, 5.74) is 5.50. The average molecular weight is 283 g/mol. The Labute approximate surface area is 108 Å². The summed E-state index contributed by atoms with van der Waals surface area (Å²) in [5.74, 6) is 0. The first-order chi connectivity index (χ1) is 7.43. The highest BCUT2D eigenvalue weighted by Crippen LogP contribution is 2.13. The summed E-state index contributed by atoms with van der Waals surface area (Å²) in [6.07, 6.45) is 2.75. The van der Waals surface area contributed by atoms with Crippen LogP contribution in [-0.4, -0.2) is 20.5 Å². The molecule has 0 unspecified atom stereocenters. The number of nitrogens with two attached hydrogens (primary N) is 1. The number of rotatable bonds is 6. The monoisotopic (exact) mass is 282 g/mol. The minimum Gasteiger partial charge on any atom is -0.452 e. The third-order valence-electron chi connectivity index (χ3n) is 2.78. The van der Waals surface area contributed by atoms with E-state index in [0.717, 1.165) is 0 Å². The fourth-order valence-corrected chi connectivity index (χ4v) is 2.29. The van der Waals surface area contributed by atoms with E-state index in [1.54, 1.807) is 0 Å². The molecule has 5 nitrogen and oxygen atoms in total. The summed E-state index contributed by atoms with van der Waals surface area (Å²) in [6, 6.07) is 2.93. The van der Waals surface area contributed by atoms with Crippen LogP contribution < -0.4 is 10.5 Å². The molecule has 1 rings (SSSR count). The van der Waals surface area contributed by atoms with Gasteiger partial charge in [-0.15, -0.1) is 12.4 Å². The number of sulfonamides is 1. The summed E-state index contributed by atoms with van der Waals surface area (Å²) in [4.78, 5) is 0. The largest absolute Gasteiger partial charge is 0.452 e. The van der Waals surface area contributed by atoms with Gasteiger partial charge in [-0.2, -0.15) is 0 Å². The first-order valence-electron chi connectivity index (χ1n) is 5.25. The topological polar surface area (TPSA) is 85.3 Å². The van der Waals surface area contributed by atoms with Crippen molar-refractivity contribution in [1.82, 2.24) is 4.72 Å². The van der Waals surface area contributed by atoms with Crippen LogP contribution in [0.2, 0.25) is 0 Å². The summed E-state index contributed by atoms with van der Waals surface area (Å²) in [7, 11) is -3.57. The highest BCUT2D eigenvalue weighted by molar-refractivity contribution is 7.89. The third-order valence-corrected chi connectivity index (χ3v) is 4.07. The molecule has 0 atom stereocenters. The molecule has 0 fully saturated rings. The van der Waals surface area contributed by atoms with Gasteiger partial charge in [-0.3, -0.25) is 0 Å². The SMILES string of the molecule is CCC(N)(CC)CNS(=O)(=O)c1ccco1.Cl. The zero-order valence-corrected chi connectivity index (χ0v) is 11.6. The van der Waals surface area contributed by atoms with Crippen molar-refractivity contribution in [2.75, 3.05) is 6.54 Å². The molecule has 0 aliphatic heterocycles. The lowest BCUT2D eigenvalue weighted by Crippen LogP contribution is -2.49. The Morgan fingerprint density at radius 2 is 2.00 bits per heavy atom. The fraction of sp³-hybridized carbons (Fsp3) is 0.600. The van der Waals surface area contributed by atoms with Crippen molar-refractivity contribution >= 4 is 22.4 Å². The lowest BCUT2D eigenvalue weighted by Gasteiger charge is -2.26. The number of furan rings is 1. The van der Waals surface area contributed by atoms with Crippen molar-refractivity contribution in [3.8, 4) is 0 Å². The Balaban J connectivity index is 0.00000256. The van der Waals surface area contributed by atoms with E-state index in [4.69, 9.17) is 10.2 Å². The van der Waals surface area contributed by atoms with Crippen molar-refractivity contribution in [1.29, 1.82) is 0 Å². The van der Waals surface area contributed by atoms with Gasteiger partial charge in [-0.05, 0) is 25.0 Å². The van der Waals surface area contributed by atoms with Crippen LogP contribution >= 0.6 is 12.4 Å². The summed E-state index contributed by atoms with van der Waals surface area (Å²) in [6.45, 7) is 4.08. The highest BCUT2D eigenvalue weighted by atomic mass is 35.5. The molecular formula is C10H19ClN2O3S. The van der Waals surface area contributed by atoms with Crippen LogP contribution in [-0.2, 0) is 10.0 Å². The maximum atomic E-state index is 11.7. The second-order valence-electron chi connectivity index (χ2n) is 3.83. The molecule has 0 aromatic carbocycles. The van der Waals surface area contributed by atoms with E-state index >= 15 is 0 Å². The molecule has 17 heavy (non-hydrogen) atoms. The van der Waals surface area contributed by atoms with Crippen LogP contribution in [0.5, 0.6) is 0 Å². The average Bonchev–Trinajstić information content (AvgIpc) is 2.80. The van der Waals surface area contributed by atoms with Crippen LogP contribution in [0, 0.1) is 0 Å². The molecule has 0 radical (unpaired) electrons. The second kappa shape index (κ2) is 6.39. The van der Waals surface area contributed by atoms with Crippen LogP contribution in [0.3, 0.4) is 0 Å². The van der Waals surface area contributed by atoms with Gasteiger partial charge < -0.3 is 10.2 Å². The molecule has 0 amide bonds. The van der Waals surface area contributed by atoms with E-state index in [2.05, 4.69) is 4.72 Å². The Kier molecular flexibility index (Phi) is 6.18. The van der Waals surface area contributed by atoms with Crippen LogP contribution in [0.4, 0.5) is 0 Å². The van der Waals surface area contributed by atoms with Gasteiger partial charge in [0, 0.05) is 12.1 Å². The van der Waals surface area contributed by atoms with Crippen LogP contribution in [0.25, 0.3) is 0 Å². The van der Waals surface area contributed by atoms with E-state index in [-0.39, 0.29) is 24.0 Å². The molecule has 0 spiro atoms. The Hall–Kier alpha value is -0.560. The molecule has 1 aromatic heterocycles. The quantitative estimate of drug-likeness (QED) is 0.828. The zero-order chi connectivity index (χ0) is 12.2. The Morgan fingerprint density at radius 3 is 2.41 bits per heavy atom. The Morgan fingerprint density at radius 1 is 1.41 bits per heavy atom. The maximum absolute atomic E-state index is 11.7. The van der Waals surface area contributed by atoms with E-state index in [9.17, 15) is 8.42 Å².